The van der Waals surface area contributed by atoms with Crippen molar-refractivity contribution in [2.24, 2.45) is 0 Å². The van der Waals surface area contributed by atoms with Gasteiger partial charge in [0.05, 0.1) is 16.9 Å². The molecule has 0 saturated heterocycles. The van der Waals surface area contributed by atoms with E-state index in [1.54, 1.807) is 6.07 Å². The number of hydrogen-bond donors (Lipinski definition) is 3. The van der Waals surface area contributed by atoms with E-state index in [0.717, 1.165) is 25.9 Å². The quantitative estimate of drug-likeness (QED) is 0.503. The molecule has 1 aromatic rings. The van der Waals surface area contributed by atoms with E-state index in [-0.39, 0.29) is 5.56 Å². The van der Waals surface area contributed by atoms with E-state index < -0.39 is 5.97 Å². The van der Waals surface area contributed by atoms with Crippen molar-refractivity contribution in [2.45, 2.75) is 32.7 Å². The number of aromatic carboxylic acids is 1. The van der Waals surface area contributed by atoms with Gasteiger partial charge in [-0.2, -0.15) is 0 Å². The standard InChI is InChI=1S/C15H25N3O2/c1-11(2)18(3)10-5-4-9-17-13-8-6-7-12(14(13)16)15(19)20/h6-8,11,17H,4-5,9-10,16H2,1-3H3,(H,19,20). The highest BCUT2D eigenvalue weighted by atomic mass is 16.4. The molecular weight excluding hydrogens is 254 g/mol. The molecule has 0 unspecified atom stereocenters. The fourth-order valence-electron chi connectivity index (χ4n) is 1.87. The lowest BCUT2D eigenvalue weighted by atomic mass is 10.1. The molecule has 0 saturated carbocycles. The third-order valence-electron chi connectivity index (χ3n) is 3.47. The zero-order valence-electron chi connectivity index (χ0n) is 12.5. The van der Waals surface area contributed by atoms with Crippen LogP contribution in [0, 0.1) is 0 Å². The number of nitrogen functional groups attached to an aromatic ring is 1. The molecule has 112 valence electrons. The Morgan fingerprint density at radius 1 is 1.40 bits per heavy atom. The summed E-state index contributed by atoms with van der Waals surface area (Å²) in [6.07, 6.45) is 2.12. The summed E-state index contributed by atoms with van der Waals surface area (Å²) in [6.45, 7) is 6.20. The number of unbranched alkanes of at least 4 members (excludes halogenated alkanes) is 1. The van der Waals surface area contributed by atoms with Crippen LogP contribution in [0.3, 0.4) is 0 Å². The Morgan fingerprint density at radius 2 is 2.10 bits per heavy atom. The van der Waals surface area contributed by atoms with Crippen molar-refractivity contribution in [1.29, 1.82) is 0 Å². The summed E-state index contributed by atoms with van der Waals surface area (Å²) < 4.78 is 0. The largest absolute Gasteiger partial charge is 0.478 e. The average Bonchev–Trinajstić information content (AvgIpc) is 2.39. The predicted octanol–water partition coefficient (Wildman–Crippen LogP) is 2.50. The molecule has 0 aliphatic rings. The van der Waals surface area contributed by atoms with Gasteiger partial charge in [0.15, 0.2) is 0 Å². The molecule has 0 aliphatic heterocycles. The number of anilines is 2. The van der Waals surface area contributed by atoms with Crippen LogP contribution in [0.2, 0.25) is 0 Å². The van der Waals surface area contributed by atoms with Gasteiger partial charge in [0.1, 0.15) is 0 Å². The molecule has 20 heavy (non-hydrogen) atoms. The van der Waals surface area contributed by atoms with E-state index in [0.29, 0.717) is 17.4 Å². The van der Waals surface area contributed by atoms with Crippen molar-refractivity contribution >= 4 is 17.3 Å². The van der Waals surface area contributed by atoms with E-state index in [4.69, 9.17) is 10.8 Å². The van der Waals surface area contributed by atoms with Crippen LogP contribution in [0.1, 0.15) is 37.0 Å². The Kier molecular flexibility index (Phi) is 6.31. The van der Waals surface area contributed by atoms with Gasteiger partial charge in [0.25, 0.3) is 0 Å². The van der Waals surface area contributed by atoms with E-state index in [2.05, 4.69) is 31.1 Å². The normalized spacial score (nSPS) is 11.1. The van der Waals surface area contributed by atoms with Crippen LogP contribution < -0.4 is 11.1 Å². The first-order valence-corrected chi connectivity index (χ1v) is 6.99. The van der Waals surface area contributed by atoms with Crippen LogP contribution in [0.5, 0.6) is 0 Å². The number of nitrogens with two attached hydrogens (primary N) is 1. The molecule has 0 atom stereocenters. The second kappa shape index (κ2) is 7.75. The Balaban J connectivity index is 2.40. The fourth-order valence-corrected chi connectivity index (χ4v) is 1.87. The van der Waals surface area contributed by atoms with Gasteiger partial charge in [0, 0.05) is 12.6 Å². The highest BCUT2D eigenvalue weighted by molar-refractivity contribution is 5.97. The van der Waals surface area contributed by atoms with Crippen molar-refractivity contribution in [3.05, 3.63) is 23.8 Å². The predicted molar refractivity (Wildman–Crippen MR) is 83.3 cm³/mol. The van der Waals surface area contributed by atoms with Gasteiger partial charge in [-0.05, 0) is 52.4 Å². The highest BCUT2D eigenvalue weighted by Gasteiger charge is 2.10. The Labute approximate surface area is 120 Å². The van der Waals surface area contributed by atoms with Crippen LogP contribution in [0.25, 0.3) is 0 Å². The zero-order valence-corrected chi connectivity index (χ0v) is 12.5. The molecule has 1 aromatic carbocycles. The minimum absolute atomic E-state index is 0.148. The minimum Gasteiger partial charge on any atom is -0.478 e. The molecule has 0 aliphatic carbocycles. The lowest BCUT2D eigenvalue weighted by Gasteiger charge is -2.20. The third kappa shape index (κ3) is 4.74. The molecule has 0 aromatic heterocycles. The van der Waals surface area contributed by atoms with Crippen LogP contribution >= 0.6 is 0 Å². The lowest BCUT2D eigenvalue weighted by molar-refractivity contribution is 0.0698. The van der Waals surface area contributed by atoms with Crippen LogP contribution in [0.4, 0.5) is 11.4 Å². The van der Waals surface area contributed by atoms with Crippen molar-refractivity contribution in [1.82, 2.24) is 4.90 Å². The molecule has 5 heteroatoms. The van der Waals surface area contributed by atoms with Crippen molar-refractivity contribution < 1.29 is 9.90 Å². The minimum atomic E-state index is -0.996. The van der Waals surface area contributed by atoms with Gasteiger partial charge in [0.2, 0.25) is 0 Å². The van der Waals surface area contributed by atoms with E-state index in [9.17, 15) is 4.79 Å². The topological polar surface area (TPSA) is 78.6 Å². The van der Waals surface area contributed by atoms with Gasteiger partial charge < -0.3 is 21.1 Å². The van der Waals surface area contributed by atoms with E-state index in [1.165, 1.54) is 6.07 Å². The Bertz CT molecular complexity index is 447. The Morgan fingerprint density at radius 3 is 2.70 bits per heavy atom. The van der Waals surface area contributed by atoms with Crippen molar-refractivity contribution in [3.8, 4) is 0 Å². The number of nitrogens with one attached hydrogen (secondary N) is 1. The SMILES string of the molecule is CC(C)N(C)CCCCNc1cccc(C(=O)O)c1N. The van der Waals surface area contributed by atoms with E-state index in [1.807, 2.05) is 6.07 Å². The monoisotopic (exact) mass is 279 g/mol. The maximum absolute atomic E-state index is 11.0. The zero-order chi connectivity index (χ0) is 15.1. The maximum atomic E-state index is 11.0. The number of para-hydroxylation sites is 1. The molecule has 4 N–H and O–H groups in total. The summed E-state index contributed by atoms with van der Waals surface area (Å²) in [5.74, 6) is -0.996. The van der Waals surface area contributed by atoms with Gasteiger partial charge in [-0.3, -0.25) is 0 Å². The number of carbonyl (C=O) groups is 1. The number of nitrogens with zero attached hydrogens (tertiary/aromatic N) is 1. The van der Waals surface area contributed by atoms with Crippen LogP contribution in [-0.4, -0.2) is 42.2 Å². The first-order valence-electron chi connectivity index (χ1n) is 6.99. The van der Waals surface area contributed by atoms with Gasteiger partial charge in [-0.1, -0.05) is 6.07 Å². The van der Waals surface area contributed by atoms with Crippen LogP contribution in [-0.2, 0) is 0 Å². The summed E-state index contributed by atoms with van der Waals surface area (Å²) in [5, 5.41) is 12.2. The highest BCUT2D eigenvalue weighted by Crippen LogP contribution is 2.22. The molecule has 0 bridgehead atoms. The summed E-state index contributed by atoms with van der Waals surface area (Å²) in [4.78, 5) is 13.3. The van der Waals surface area contributed by atoms with Crippen LogP contribution in [0.15, 0.2) is 18.2 Å². The third-order valence-corrected chi connectivity index (χ3v) is 3.47. The number of rotatable bonds is 8. The summed E-state index contributed by atoms with van der Waals surface area (Å²) in [6, 6.07) is 5.59. The van der Waals surface area contributed by atoms with E-state index >= 15 is 0 Å². The maximum Gasteiger partial charge on any atom is 0.337 e. The number of benzene rings is 1. The molecule has 0 spiro atoms. The van der Waals surface area contributed by atoms with Gasteiger partial charge in [-0.25, -0.2) is 4.79 Å². The molecule has 0 heterocycles. The molecular formula is C15H25N3O2. The fraction of sp³-hybridized carbons (Fsp3) is 0.533. The number of carboxylic acids is 1. The summed E-state index contributed by atoms with van der Waals surface area (Å²) in [7, 11) is 2.12. The second-order valence-electron chi connectivity index (χ2n) is 5.28. The molecule has 5 nitrogen and oxygen atoms in total. The lowest BCUT2D eigenvalue weighted by Crippen LogP contribution is -2.27. The van der Waals surface area contributed by atoms with Crippen molar-refractivity contribution in [3.63, 3.8) is 0 Å². The molecule has 0 amide bonds. The average molecular weight is 279 g/mol. The summed E-state index contributed by atoms with van der Waals surface area (Å²) >= 11 is 0. The molecule has 0 radical (unpaired) electrons. The second-order valence-corrected chi connectivity index (χ2v) is 5.28. The molecule has 1 rings (SSSR count). The first-order chi connectivity index (χ1) is 9.43. The number of carboxylic acid groups (broad SMARTS) is 1. The smallest absolute Gasteiger partial charge is 0.337 e. The number of hydrogen-bond acceptors (Lipinski definition) is 4. The molecule has 0 fully saturated rings. The Hall–Kier alpha value is -1.75. The summed E-state index contributed by atoms with van der Waals surface area (Å²) in [5.41, 5.74) is 6.98. The van der Waals surface area contributed by atoms with Gasteiger partial charge >= 0.3 is 5.97 Å². The van der Waals surface area contributed by atoms with Crippen molar-refractivity contribution in [2.75, 3.05) is 31.2 Å². The van der Waals surface area contributed by atoms with Gasteiger partial charge in [-0.15, -0.1) is 0 Å². The first kappa shape index (κ1) is 16.3.